The van der Waals surface area contributed by atoms with Gasteiger partial charge in [-0.05, 0) is 31.5 Å². The van der Waals surface area contributed by atoms with E-state index in [2.05, 4.69) is 51.7 Å². The van der Waals surface area contributed by atoms with Crippen LogP contribution in [0.3, 0.4) is 0 Å². The fourth-order valence-corrected chi connectivity index (χ4v) is 3.09. The van der Waals surface area contributed by atoms with Crippen LogP contribution in [0, 0.1) is 6.92 Å². The van der Waals surface area contributed by atoms with Crippen LogP contribution < -0.4 is 10.9 Å². The zero-order chi connectivity index (χ0) is 16.4. The predicted molar refractivity (Wildman–Crippen MR) is 88.3 cm³/mol. The molecule has 0 bridgehead atoms. The summed E-state index contributed by atoms with van der Waals surface area (Å²) in [5.74, 6) is -0.120. The molecule has 6 nitrogen and oxygen atoms in total. The van der Waals surface area contributed by atoms with Gasteiger partial charge in [0.05, 0.1) is 6.42 Å². The summed E-state index contributed by atoms with van der Waals surface area (Å²) in [5.41, 5.74) is 3.70. The summed E-state index contributed by atoms with van der Waals surface area (Å²) in [4.78, 5) is 26.0. The quantitative estimate of drug-likeness (QED) is 0.778. The molecule has 6 heteroatoms. The Morgan fingerprint density at radius 2 is 2.04 bits per heavy atom. The van der Waals surface area contributed by atoms with Crippen LogP contribution in [0.25, 0.3) is 0 Å². The lowest BCUT2D eigenvalue weighted by molar-refractivity contribution is -0.120. The second-order valence-electron chi connectivity index (χ2n) is 6.21. The Balaban J connectivity index is 1.58. The first-order valence-corrected chi connectivity index (χ1v) is 7.84. The summed E-state index contributed by atoms with van der Waals surface area (Å²) in [5, 5.41) is 8.20. The van der Waals surface area contributed by atoms with Crippen LogP contribution in [0.2, 0.25) is 0 Å². The predicted octanol–water partition coefficient (Wildman–Crippen LogP) is 0.727. The Labute approximate surface area is 134 Å². The van der Waals surface area contributed by atoms with Crippen molar-refractivity contribution < 1.29 is 4.79 Å². The maximum atomic E-state index is 12.1. The molecule has 2 heterocycles. The average Bonchev–Trinajstić information content (AvgIpc) is 2.85. The molecule has 1 atom stereocenters. The van der Waals surface area contributed by atoms with Crippen molar-refractivity contribution in [3.05, 3.63) is 57.0 Å². The number of aryl methyl sites for hydroxylation is 1. The average molecular weight is 314 g/mol. The minimum absolute atomic E-state index is 0.109. The van der Waals surface area contributed by atoms with Gasteiger partial charge in [-0.1, -0.05) is 24.3 Å². The Morgan fingerprint density at radius 1 is 1.30 bits per heavy atom. The molecule has 0 radical (unpaired) electrons. The van der Waals surface area contributed by atoms with Crippen molar-refractivity contribution in [2.24, 2.45) is 0 Å². The van der Waals surface area contributed by atoms with E-state index in [-0.39, 0.29) is 23.9 Å². The number of hydrogen-bond acceptors (Lipinski definition) is 3. The fraction of sp³-hybridized carbons (Fsp3) is 0.412. The van der Waals surface area contributed by atoms with E-state index in [1.807, 2.05) is 0 Å². The van der Waals surface area contributed by atoms with Gasteiger partial charge in [0.1, 0.15) is 0 Å². The molecule has 2 aromatic rings. The van der Waals surface area contributed by atoms with E-state index in [4.69, 9.17) is 0 Å². The van der Waals surface area contributed by atoms with Crippen LogP contribution in [0.1, 0.15) is 22.4 Å². The number of carbonyl (C=O) groups is 1. The highest BCUT2D eigenvalue weighted by molar-refractivity contribution is 5.78. The maximum absolute atomic E-state index is 12.1. The zero-order valence-electron chi connectivity index (χ0n) is 13.5. The molecule has 1 amide bonds. The van der Waals surface area contributed by atoms with Gasteiger partial charge in [-0.2, -0.15) is 0 Å². The number of benzene rings is 1. The molecule has 0 saturated heterocycles. The summed E-state index contributed by atoms with van der Waals surface area (Å²) in [7, 11) is 2.08. The van der Waals surface area contributed by atoms with Gasteiger partial charge in [-0.25, -0.2) is 0 Å². The number of nitrogens with one attached hydrogen (secondary N) is 3. The number of hydrogen-bond donors (Lipinski definition) is 3. The smallest absolute Gasteiger partial charge is 0.267 e. The van der Waals surface area contributed by atoms with E-state index < -0.39 is 0 Å². The van der Waals surface area contributed by atoms with Gasteiger partial charge in [-0.3, -0.25) is 19.6 Å². The number of amides is 1. The van der Waals surface area contributed by atoms with Crippen molar-refractivity contribution in [2.45, 2.75) is 32.4 Å². The van der Waals surface area contributed by atoms with Gasteiger partial charge in [0, 0.05) is 30.4 Å². The lowest BCUT2D eigenvalue weighted by atomic mass is 9.94. The van der Waals surface area contributed by atoms with Crippen LogP contribution in [-0.2, 0) is 24.2 Å². The van der Waals surface area contributed by atoms with Crippen LogP contribution in [0.5, 0.6) is 0 Å². The van der Waals surface area contributed by atoms with Crippen LogP contribution >= 0.6 is 0 Å². The molecule has 0 aliphatic carbocycles. The van der Waals surface area contributed by atoms with Crippen molar-refractivity contribution in [1.82, 2.24) is 20.4 Å². The molecular formula is C17H22N4O2. The largest absolute Gasteiger partial charge is 0.354 e. The fourth-order valence-electron chi connectivity index (χ4n) is 3.09. The van der Waals surface area contributed by atoms with Crippen molar-refractivity contribution in [2.75, 3.05) is 13.6 Å². The lowest BCUT2D eigenvalue weighted by Crippen LogP contribution is -2.45. The van der Waals surface area contributed by atoms with Gasteiger partial charge >= 0.3 is 0 Å². The highest BCUT2D eigenvalue weighted by Crippen LogP contribution is 2.21. The van der Waals surface area contributed by atoms with Crippen LogP contribution in [0.15, 0.2) is 29.1 Å². The molecule has 0 saturated carbocycles. The molecule has 1 aromatic carbocycles. The molecule has 0 unspecified atom stereocenters. The third kappa shape index (κ3) is 3.37. The SMILES string of the molecule is Cc1[nH][nH]c(=O)c1CC(=O)NC[C@@H]1Cc2ccccc2CN1C. The minimum Gasteiger partial charge on any atom is -0.354 e. The molecule has 1 aliphatic rings. The van der Waals surface area contributed by atoms with E-state index in [0.29, 0.717) is 17.8 Å². The second kappa shape index (κ2) is 6.42. The topological polar surface area (TPSA) is 81.0 Å². The number of aromatic nitrogens is 2. The number of carbonyl (C=O) groups excluding carboxylic acids is 1. The normalized spacial score (nSPS) is 17.7. The zero-order valence-corrected chi connectivity index (χ0v) is 13.5. The van der Waals surface area contributed by atoms with Gasteiger partial charge in [0.25, 0.3) is 5.56 Å². The first-order valence-electron chi connectivity index (χ1n) is 7.84. The van der Waals surface area contributed by atoms with Crippen molar-refractivity contribution in [1.29, 1.82) is 0 Å². The van der Waals surface area contributed by atoms with Crippen LogP contribution in [-0.4, -0.2) is 40.6 Å². The molecule has 3 N–H and O–H groups in total. The van der Waals surface area contributed by atoms with Crippen molar-refractivity contribution in [3.8, 4) is 0 Å². The third-order valence-corrected chi connectivity index (χ3v) is 4.58. The number of rotatable bonds is 4. The Hall–Kier alpha value is -2.34. The molecule has 23 heavy (non-hydrogen) atoms. The first-order chi connectivity index (χ1) is 11.0. The Morgan fingerprint density at radius 3 is 2.74 bits per heavy atom. The second-order valence-corrected chi connectivity index (χ2v) is 6.21. The summed E-state index contributed by atoms with van der Waals surface area (Å²) >= 11 is 0. The molecular weight excluding hydrogens is 292 g/mol. The molecule has 1 aliphatic heterocycles. The van der Waals surface area contributed by atoms with E-state index >= 15 is 0 Å². The van der Waals surface area contributed by atoms with Gasteiger partial charge in [0.15, 0.2) is 0 Å². The summed E-state index contributed by atoms with van der Waals surface area (Å²) in [6.45, 7) is 3.27. The maximum Gasteiger partial charge on any atom is 0.267 e. The third-order valence-electron chi connectivity index (χ3n) is 4.58. The monoisotopic (exact) mass is 314 g/mol. The Bertz CT molecular complexity index is 762. The Kier molecular flexibility index (Phi) is 4.34. The highest BCUT2D eigenvalue weighted by Gasteiger charge is 2.23. The summed E-state index contributed by atoms with van der Waals surface area (Å²) < 4.78 is 0. The molecule has 3 rings (SSSR count). The standard InChI is InChI=1S/C17H22N4O2/c1-11-15(17(23)20-19-11)8-16(22)18-9-14-7-12-5-3-4-6-13(12)10-21(14)2/h3-6,14H,7-10H2,1-2H3,(H,18,22)(H2,19,20,23)/t14-/m0/s1. The summed E-state index contributed by atoms with van der Waals surface area (Å²) in [6.07, 6.45) is 1.04. The van der Waals surface area contributed by atoms with E-state index in [0.717, 1.165) is 13.0 Å². The van der Waals surface area contributed by atoms with Crippen LogP contribution in [0.4, 0.5) is 0 Å². The molecule has 0 fully saturated rings. The summed E-state index contributed by atoms with van der Waals surface area (Å²) in [6, 6.07) is 8.70. The lowest BCUT2D eigenvalue weighted by Gasteiger charge is -2.34. The highest BCUT2D eigenvalue weighted by atomic mass is 16.2. The molecule has 1 aromatic heterocycles. The van der Waals surface area contributed by atoms with Gasteiger partial charge < -0.3 is 10.4 Å². The number of nitrogens with zero attached hydrogens (tertiary/aromatic N) is 1. The van der Waals surface area contributed by atoms with Gasteiger partial charge in [0.2, 0.25) is 5.91 Å². The van der Waals surface area contributed by atoms with E-state index in [1.54, 1.807) is 6.92 Å². The molecule has 0 spiro atoms. The number of fused-ring (bicyclic) bond motifs is 1. The number of H-pyrrole nitrogens is 2. The first kappa shape index (κ1) is 15.6. The van der Waals surface area contributed by atoms with Crippen molar-refractivity contribution in [3.63, 3.8) is 0 Å². The van der Waals surface area contributed by atoms with E-state index in [9.17, 15) is 9.59 Å². The van der Waals surface area contributed by atoms with Crippen molar-refractivity contribution >= 4 is 5.91 Å². The molecule has 122 valence electrons. The number of aromatic amines is 2. The number of likely N-dealkylation sites (N-methyl/N-ethyl adjacent to an activating group) is 1. The van der Waals surface area contributed by atoms with Gasteiger partial charge in [-0.15, -0.1) is 0 Å². The van der Waals surface area contributed by atoms with E-state index in [1.165, 1.54) is 11.1 Å². The minimum atomic E-state index is -0.221.